The molecule has 13 rings (SSSR count). The molecule has 0 saturated heterocycles. The van der Waals surface area contributed by atoms with E-state index in [9.17, 15) is 0 Å². The smallest absolute Gasteiger partial charge is 0.235 e. The van der Waals surface area contributed by atoms with Crippen LogP contribution in [0.2, 0.25) is 0 Å². The first-order valence-corrected chi connectivity index (χ1v) is 21.3. The number of aromatic nitrogens is 5. The fraction of sp³-hybridized carbons (Fsp3) is 0. The molecule has 0 aliphatic heterocycles. The lowest BCUT2D eigenvalue weighted by Gasteiger charge is -2.11. The Hall–Kier alpha value is -7.93. The highest BCUT2D eigenvalue weighted by Gasteiger charge is 2.23. The highest BCUT2D eigenvalue weighted by atomic mass is 32.1. The maximum atomic E-state index is 5.47. The molecule has 0 atom stereocenters. The van der Waals surface area contributed by atoms with Crippen LogP contribution in [0.25, 0.3) is 120 Å². The number of hydrogen-bond donors (Lipinski definition) is 0. The minimum Gasteiger partial charge on any atom is -0.309 e. The number of fused-ring (bicyclic) bond motifs is 11. The zero-order chi connectivity index (χ0) is 40.0. The van der Waals surface area contributed by atoms with Crippen molar-refractivity contribution in [2.24, 2.45) is 0 Å². The van der Waals surface area contributed by atoms with Gasteiger partial charge in [0.05, 0.1) is 38.0 Å². The van der Waals surface area contributed by atoms with E-state index in [1.807, 2.05) is 12.4 Å². The van der Waals surface area contributed by atoms with E-state index in [4.69, 9.17) is 9.97 Å². The lowest BCUT2D eigenvalue weighted by atomic mass is 9.95. The molecule has 6 heteroatoms. The van der Waals surface area contributed by atoms with Gasteiger partial charge >= 0.3 is 0 Å². The summed E-state index contributed by atoms with van der Waals surface area (Å²) in [6, 6.07) is 67.6. The van der Waals surface area contributed by atoms with E-state index in [2.05, 4.69) is 202 Å². The van der Waals surface area contributed by atoms with Crippen molar-refractivity contribution in [2.75, 3.05) is 0 Å². The SMILES string of the molecule is c1ccc(-c2cc3nc(-n4c5ccc(-c6cccc7c6c6c8ccccc8ccc6n7-c6ccncc6)cc5c5c6ccccc6ccc54)nc(-c4ccccc4)c3s2)cc1. The van der Waals surface area contributed by atoms with Gasteiger partial charge < -0.3 is 4.57 Å². The molecule has 0 aliphatic rings. The predicted octanol–water partition coefficient (Wildman–Crippen LogP) is 14.6. The standard InChI is InChI=1S/C55H33N5S/c1-3-14-36(15-4-1)49-33-44-54(61-49)53(37-16-5-2-6-17-37)58-55(57-44)60-45-25-24-38(32-43(45)50-40-18-9-7-12-34(40)22-26-47(50)60)42-20-11-21-46-52(42)51-41-19-10-8-13-35(41)23-27-48(51)59(46)39-28-30-56-31-29-39/h1-33H. The summed E-state index contributed by atoms with van der Waals surface area (Å²) in [5.74, 6) is 0.654. The van der Waals surface area contributed by atoms with Gasteiger partial charge in [0.1, 0.15) is 0 Å². The maximum Gasteiger partial charge on any atom is 0.235 e. The van der Waals surface area contributed by atoms with Gasteiger partial charge in [0.15, 0.2) is 0 Å². The van der Waals surface area contributed by atoms with Crippen LogP contribution in [0.3, 0.4) is 0 Å². The normalized spacial score (nSPS) is 11.9. The monoisotopic (exact) mass is 795 g/mol. The van der Waals surface area contributed by atoms with Crippen molar-refractivity contribution in [1.29, 1.82) is 0 Å². The Kier molecular flexibility index (Phi) is 7.41. The fourth-order valence-corrected chi connectivity index (χ4v) is 10.7. The molecule has 5 heterocycles. The third-order valence-electron chi connectivity index (χ3n) is 12.2. The molecule has 0 radical (unpaired) electrons. The number of pyridine rings is 1. The number of thiophene rings is 1. The molecule has 284 valence electrons. The predicted molar refractivity (Wildman–Crippen MR) is 255 cm³/mol. The molecule has 13 aromatic rings. The zero-order valence-corrected chi connectivity index (χ0v) is 33.5. The number of rotatable bonds is 5. The number of hydrogen-bond acceptors (Lipinski definition) is 4. The van der Waals surface area contributed by atoms with Crippen LogP contribution in [0.1, 0.15) is 0 Å². The second-order valence-electron chi connectivity index (χ2n) is 15.6. The van der Waals surface area contributed by atoms with Gasteiger partial charge in [-0.3, -0.25) is 9.55 Å². The first kappa shape index (κ1) is 34.0. The van der Waals surface area contributed by atoms with E-state index in [0.717, 1.165) is 54.7 Å². The largest absolute Gasteiger partial charge is 0.309 e. The third kappa shape index (κ3) is 5.16. The summed E-state index contributed by atoms with van der Waals surface area (Å²) in [4.78, 5) is 16.4. The van der Waals surface area contributed by atoms with Crippen molar-refractivity contribution in [2.45, 2.75) is 0 Å². The van der Waals surface area contributed by atoms with Gasteiger partial charge in [0, 0.05) is 50.1 Å². The van der Waals surface area contributed by atoms with Gasteiger partial charge in [-0.2, -0.15) is 0 Å². The van der Waals surface area contributed by atoms with E-state index in [1.165, 1.54) is 59.2 Å². The maximum absolute atomic E-state index is 5.47. The van der Waals surface area contributed by atoms with Crippen LogP contribution >= 0.6 is 11.3 Å². The van der Waals surface area contributed by atoms with E-state index >= 15 is 0 Å². The van der Waals surface area contributed by atoms with Crippen molar-refractivity contribution in [1.82, 2.24) is 24.1 Å². The second-order valence-corrected chi connectivity index (χ2v) is 16.7. The molecule has 0 saturated carbocycles. The van der Waals surface area contributed by atoms with Crippen molar-refractivity contribution >= 4 is 86.7 Å². The fourth-order valence-electron chi connectivity index (χ4n) is 9.57. The summed E-state index contributed by atoms with van der Waals surface area (Å²) in [5, 5.41) is 9.67. The Morgan fingerprint density at radius 3 is 1.80 bits per heavy atom. The van der Waals surface area contributed by atoms with E-state index in [-0.39, 0.29) is 0 Å². The van der Waals surface area contributed by atoms with Crippen molar-refractivity contribution in [3.8, 4) is 44.5 Å². The number of benzene rings is 8. The minimum atomic E-state index is 0.654. The molecule has 0 bridgehead atoms. The zero-order valence-electron chi connectivity index (χ0n) is 32.7. The molecule has 8 aromatic carbocycles. The Bertz CT molecular complexity index is 3860. The molecule has 0 unspecified atom stereocenters. The average molecular weight is 796 g/mol. The van der Waals surface area contributed by atoms with Crippen molar-refractivity contribution in [3.05, 3.63) is 200 Å². The summed E-state index contributed by atoms with van der Waals surface area (Å²) >= 11 is 1.75. The van der Waals surface area contributed by atoms with Crippen molar-refractivity contribution < 1.29 is 0 Å². The second kappa shape index (κ2) is 13.3. The first-order chi connectivity index (χ1) is 30.3. The molecular formula is C55H33N5S. The first-order valence-electron chi connectivity index (χ1n) is 20.5. The molecular weight excluding hydrogens is 763 g/mol. The molecule has 0 spiro atoms. The summed E-state index contributed by atoms with van der Waals surface area (Å²) < 4.78 is 5.73. The topological polar surface area (TPSA) is 48.5 Å². The van der Waals surface area contributed by atoms with E-state index in [0.29, 0.717) is 5.95 Å². The van der Waals surface area contributed by atoms with Crippen LogP contribution in [-0.4, -0.2) is 24.1 Å². The summed E-state index contributed by atoms with van der Waals surface area (Å²) in [6.07, 6.45) is 3.74. The van der Waals surface area contributed by atoms with Crippen molar-refractivity contribution in [3.63, 3.8) is 0 Å². The Morgan fingerprint density at radius 1 is 0.410 bits per heavy atom. The lowest BCUT2D eigenvalue weighted by molar-refractivity contribution is 1.02. The summed E-state index contributed by atoms with van der Waals surface area (Å²) in [7, 11) is 0. The quantitative estimate of drug-likeness (QED) is 0.174. The Balaban J connectivity index is 1.11. The van der Waals surface area contributed by atoms with E-state index < -0.39 is 0 Å². The van der Waals surface area contributed by atoms with E-state index in [1.54, 1.807) is 11.3 Å². The van der Waals surface area contributed by atoms with Crippen LogP contribution in [0, 0.1) is 0 Å². The van der Waals surface area contributed by atoms with Crippen LogP contribution in [0.15, 0.2) is 200 Å². The van der Waals surface area contributed by atoms with Gasteiger partial charge in [-0.05, 0) is 86.8 Å². The highest BCUT2D eigenvalue weighted by Crippen LogP contribution is 2.45. The van der Waals surface area contributed by atoms with Gasteiger partial charge in [0.25, 0.3) is 0 Å². The molecule has 0 amide bonds. The Morgan fingerprint density at radius 2 is 1.05 bits per heavy atom. The van der Waals surface area contributed by atoms with Crippen LogP contribution in [0.5, 0.6) is 0 Å². The van der Waals surface area contributed by atoms with Gasteiger partial charge in [-0.25, -0.2) is 9.97 Å². The van der Waals surface area contributed by atoms with Gasteiger partial charge in [0.2, 0.25) is 5.95 Å². The average Bonchev–Trinajstić information content (AvgIpc) is 4.02. The summed E-state index contributed by atoms with van der Waals surface area (Å²) in [6.45, 7) is 0. The molecule has 5 aromatic heterocycles. The van der Waals surface area contributed by atoms with Gasteiger partial charge in [-0.1, -0.05) is 140 Å². The van der Waals surface area contributed by atoms with Crippen LogP contribution < -0.4 is 0 Å². The van der Waals surface area contributed by atoms with Gasteiger partial charge in [-0.15, -0.1) is 11.3 Å². The highest BCUT2D eigenvalue weighted by molar-refractivity contribution is 7.22. The van der Waals surface area contributed by atoms with Crippen LogP contribution in [0.4, 0.5) is 0 Å². The Labute approximate surface area is 354 Å². The lowest BCUT2D eigenvalue weighted by Crippen LogP contribution is -2.02. The minimum absolute atomic E-state index is 0.654. The molecule has 5 nitrogen and oxygen atoms in total. The molecule has 0 N–H and O–H groups in total. The van der Waals surface area contributed by atoms with Crippen LogP contribution in [-0.2, 0) is 0 Å². The third-order valence-corrected chi connectivity index (χ3v) is 13.4. The summed E-state index contributed by atoms with van der Waals surface area (Å²) in [5.41, 5.74) is 12.0. The molecule has 0 fully saturated rings. The number of nitrogens with zero attached hydrogens (tertiary/aromatic N) is 5. The molecule has 61 heavy (non-hydrogen) atoms. The molecule has 0 aliphatic carbocycles.